The fraction of sp³-hybridized carbons (Fsp3) is 0.409. The summed E-state index contributed by atoms with van der Waals surface area (Å²) in [6, 6.07) is 9.40. The Labute approximate surface area is 169 Å². The van der Waals surface area contributed by atoms with Crippen molar-refractivity contribution in [1.82, 2.24) is 20.5 Å². The molecule has 1 aliphatic carbocycles. The van der Waals surface area contributed by atoms with Crippen LogP contribution in [-0.2, 0) is 37.3 Å². The van der Waals surface area contributed by atoms with Gasteiger partial charge in [-0.15, -0.1) is 0 Å². The highest BCUT2D eigenvalue weighted by atomic mass is 16.2. The third-order valence-corrected chi connectivity index (χ3v) is 5.69. The van der Waals surface area contributed by atoms with Crippen LogP contribution in [0.1, 0.15) is 47.2 Å². The Morgan fingerprint density at radius 3 is 2.48 bits per heavy atom. The number of aryl methyl sites for hydroxylation is 2. The summed E-state index contributed by atoms with van der Waals surface area (Å²) < 4.78 is 0. The van der Waals surface area contributed by atoms with Crippen molar-refractivity contribution in [3.8, 4) is 0 Å². The maximum atomic E-state index is 12.2. The van der Waals surface area contributed by atoms with Gasteiger partial charge in [0, 0.05) is 43.9 Å². The van der Waals surface area contributed by atoms with Crippen molar-refractivity contribution in [3.05, 3.63) is 68.6 Å². The minimum Gasteiger partial charge on any atom is -0.338 e. The lowest BCUT2D eigenvalue weighted by Crippen LogP contribution is -2.36. The van der Waals surface area contributed by atoms with E-state index in [1.165, 1.54) is 5.56 Å². The van der Waals surface area contributed by atoms with E-state index in [1.807, 2.05) is 35.2 Å². The number of hydrogen-bond acceptors (Lipinski definition) is 3. The maximum Gasteiger partial charge on any atom is 0.315 e. The smallest absolute Gasteiger partial charge is 0.315 e. The Morgan fingerprint density at radius 2 is 1.72 bits per heavy atom. The molecule has 1 fully saturated rings. The van der Waals surface area contributed by atoms with Gasteiger partial charge in [0.2, 0.25) is 5.91 Å². The number of pyridine rings is 1. The van der Waals surface area contributed by atoms with Gasteiger partial charge in [0.15, 0.2) is 0 Å². The van der Waals surface area contributed by atoms with Gasteiger partial charge in [0.25, 0.3) is 5.56 Å². The standard InChI is InChI=1S/C22H26N4O3/c27-20-9-4-10-26(20)14-17-6-2-1-5-16(17)12-23-22(29)24-13-18-11-15-7-3-8-19(15)25-21(18)28/h1-2,5-6,11H,3-4,7-10,12-14H2,(H,25,28)(H2,23,24,29). The van der Waals surface area contributed by atoms with Gasteiger partial charge in [-0.1, -0.05) is 24.3 Å². The molecule has 0 spiro atoms. The highest BCUT2D eigenvalue weighted by molar-refractivity contribution is 5.78. The number of benzene rings is 1. The number of nitrogens with zero attached hydrogens (tertiary/aromatic N) is 1. The zero-order chi connectivity index (χ0) is 20.2. The second-order valence-electron chi connectivity index (χ2n) is 7.70. The molecule has 3 amide bonds. The van der Waals surface area contributed by atoms with E-state index in [2.05, 4.69) is 15.6 Å². The molecule has 0 atom stereocenters. The molecule has 1 aromatic carbocycles. The van der Waals surface area contributed by atoms with E-state index in [4.69, 9.17) is 0 Å². The second-order valence-corrected chi connectivity index (χ2v) is 7.70. The summed E-state index contributed by atoms with van der Waals surface area (Å²) in [7, 11) is 0. The summed E-state index contributed by atoms with van der Waals surface area (Å²) in [6.07, 6.45) is 4.47. The fourth-order valence-electron chi connectivity index (χ4n) is 4.07. The number of urea groups is 1. The van der Waals surface area contributed by atoms with E-state index >= 15 is 0 Å². The van der Waals surface area contributed by atoms with Gasteiger partial charge in [-0.25, -0.2) is 4.79 Å². The van der Waals surface area contributed by atoms with E-state index in [9.17, 15) is 14.4 Å². The van der Waals surface area contributed by atoms with Crippen LogP contribution >= 0.6 is 0 Å². The zero-order valence-corrected chi connectivity index (χ0v) is 16.4. The van der Waals surface area contributed by atoms with Crippen LogP contribution in [0.4, 0.5) is 4.79 Å². The van der Waals surface area contributed by atoms with E-state index in [1.54, 1.807) is 0 Å². The molecule has 4 rings (SSSR count). The van der Waals surface area contributed by atoms with E-state index in [0.29, 0.717) is 25.1 Å². The maximum absolute atomic E-state index is 12.2. The van der Waals surface area contributed by atoms with Crippen molar-refractivity contribution in [2.45, 2.75) is 51.7 Å². The first-order valence-electron chi connectivity index (χ1n) is 10.2. The van der Waals surface area contributed by atoms with Crippen LogP contribution in [0.3, 0.4) is 0 Å². The van der Waals surface area contributed by atoms with E-state index in [0.717, 1.165) is 49.0 Å². The number of likely N-dealkylation sites (tertiary alicyclic amines) is 1. The Balaban J connectivity index is 1.32. The quantitative estimate of drug-likeness (QED) is 0.699. The predicted octanol–water partition coefficient (Wildman–Crippen LogP) is 1.99. The van der Waals surface area contributed by atoms with Gasteiger partial charge in [-0.2, -0.15) is 0 Å². The molecule has 1 aromatic heterocycles. The van der Waals surface area contributed by atoms with Crippen LogP contribution in [0.2, 0.25) is 0 Å². The van der Waals surface area contributed by atoms with Gasteiger partial charge in [-0.05, 0) is 48.4 Å². The number of rotatable bonds is 6. The van der Waals surface area contributed by atoms with Crippen molar-refractivity contribution in [3.63, 3.8) is 0 Å². The summed E-state index contributed by atoms with van der Waals surface area (Å²) in [4.78, 5) is 41.1. The number of fused-ring (bicyclic) bond motifs is 1. The van der Waals surface area contributed by atoms with Crippen LogP contribution < -0.4 is 16.2 Å². The second kappa shape index (κ2) is 8.51. The zero-order valence-electron chi connectivity index (χ0n) is 16.4. The minimum atomic E-state index is -0.322. The van der Waals surface area contributed by atoms with Crippen LogP contribution in [0, 0.1) is 0 Å². The average molecular weight is 394 g/mol. The molecule has 0 unspecified atom stereocenters. The lowest BCUT2D eigenvalue weighted by molar-refractivity contribution is -0.128. The molecule has 0 saturated carbocycles. The normalized spacial score (nSPS) is 15.4. The lowest BCUT2D eigenvalue weighted by atomic mass is 10.1. The summed E-state index contributed by atoms with van der Waals surface area (Å²) in [5.41, 5.74) is 4.67. The number of nitrogens with one attached hydrogen (secondary N) is 3. The first-order chi connectivity index (χ1) is 14.1. The third kappa shape index (κ3) is 4.50. The van der Waals surface area contributed by atoms with Crippen molar-refractivity contribution in [2.75, 3.05) is 6.54 Å². The number of aromatic nitrogens is 1. The average Bonchev–Trinajstić information content (AvgIpc) is 3.34. The van der Waals surface area contributed by atoms with Crippen molar-refractivity contribution < 1.29 is 9.59 Å². The van der Waals surface area contributed by atoms with Gasteiger partial charge in [-0.3, -0.25) is 9.59 Å². The fourth-order valence-corrected chi connectivity index (χ4v) is 4.07. The molecule has 29 heavy (non-hydrogen) atoms. The number of carbonyl (C=O) groups is 2. The lowest BCUT2D eigenvalue weighted by Gasteiger charge is -2.18. The number of hydrogen-bond donors (Lipinski definition) is 3. The molecule has 3 N–H and O–H groups in total. The van der Waals surface area contributed by atoms with Crippen LogP contribution in [0.15, 0.2) is 35.1 Å². The molecular weight excluding hydrogens is 368 g/mol. The Hall–Kier alpha value is -3.09. The Bertz CT molecular complexity index is 982. The number of carbonyl (C=O) groups excluding carboxylic acids is 2. The van der Waals surface area contributed by atoms with Gasteiger partial charge in [0.05, 0.1) is 0 Å². The Morgan fingerprint density at radius 1 is 0.966 bits per heavy atom. The highest BCUT2D eigenvalue weighted by Gasteiger charge is 2.21. The first-order valence-corrected chi connectivity index (χ1v) is 10.2. The molecule has 1 saturated heterocycles. The summed E-state index contributed by atoms with van der Waals surface area (Å²) in [6.45, 7) is 1.92. The third-order valence-electron chi connectivity index (χ3n) is 5.69. The molecule has 2 aromatic rings. The Kier molecular flexibility index (Phi) is 5.64. The van der Waals surface area contributed by atoms with Crippen LogP contribution in [0.25, 0.3) is 0 Å². The summed E-state index contributed by atoms with van der Waals surface area (Å²) in [5.74, 6) is 0.185. The van der Waals surface area contributed by atoms with Crippen molar-refractivity contribution in [1.29, 1.82) is 0 Å². The summed E-state index contributed by atoms with van der Waals surface area (Å²) in [5, 5.41) is 5.62. The van der Waals surface area contributed by atoms with E-state index in [-0.39, 0.29) is 24.0 Å². The van der Waals surface area contributed by atoms with Crippen LogP contribution in [-0.4, -0.2) is 28.4 Å². The SMILES string of the molecule is O=C(NCc1ccccc1CN1CCCC1=O)NCc1cc2c([nH]c1=O)CCC2. The first kappa shape index (κ1) is 19.2. The monoisotopic (exact) mass is 394 g/mol. The molecule has 2 heterocycles. The van der Waals surface area contributed by atoms with Crippen molar-refractivity contribution >= 4 is 11.9 Å². The minimum absolute atomic E-state index is 0.133. The molecule has 152 valence electrons. The summed E-state index contributed by atoms with van der Waals surface area (Å²) >= 11 is 0. The molecule has 7 heteroatoms. The molecule has 1 aliphatic heterocycles. The number of aromatic amines is 1. The van der Waals surface area contributed by atoms with E-state index < -0.39 is 0 Å². The molecule has 0 bridgehead atoms. The molecular formula is C22H26N4O3. The van der Waals surface area contributed by atoms with Crippen LogP contribution in [0.5, 0.6) is 0 Å². The number of H-pyrrole nitrogens is 1. The number of amides is 3. The molecule has 0 radical (unpaired) electrons. The van der Waals surface area contributed by atoms with Gasteiger partial charge in [0.1, 0.15) is 0 Å². The van der Waals surface area contributed by atoms with Gasteiger partial charge < -0.3 is 20.5 Å². The molecule has 7 nitrogen and oxygen atoms in total. The molecule has 2 aliphatic rings. The largest absolute Gasteiger partial charge is 0.338 e. The highest BCUT2D eigenvalue weighted by Crippen LogP contribution is 2.19. The predicted molar refractivity (Wildman–Crippen MR) is 109 cm³/mol. The van der Waals surface area contributed by atoms with Gasteiger partial charge >= 0.3 is 6.03 Å². The van der Waals surface area contributed by atoms with Crippen molar-refractivity contribution in [2.24, 2.45) is 0 Å². The topological polar surface area (TPSA) is 94.3 Å².